The largest absolute Gasteiger partial charge is 0.367 e. The lowest BCUT2D eigenvalue weighted by Crippen LogP contribution is -2.50. The summed E-state index contributed by atoms with van der Waals surface area (Å²) in [5.74, 6) is 0.907. The van der Waals surface area contributed by atoms with Gasteiger partial charge < -0.3 is 4.74 Å². The Morgan fingerprint density at radius 2 is 1.89 bits per heavy atom. The van der Waals surface area contributed by atoms with Gasteiger partial charge in [-0.05, 0) is 43.4 Å². The highest BCUT2D eigenvalue weighted by atomic mass is 16.5. The summed E-state index contributed by atoms with van der Waals surface area (Å²) in [5.41, 5.74) is -0.276. The molecular formula is C16H30O2. The Morgan fingerprint density at radius 3 is 2.39 bits per heavy atom. The number of rotatable bonds is 6. The van der Waals surface area contributed by atoms with Crippen LogP contribution in [0.25, 0.3) is 0 Å². The van der Waals surface area contributed by atoms with E-state index in [1.54, 1.807) is 0 Å². The van der Waals surface area contributed by atoms with Crippen LogP contribution in [-0.2, 0) is 9.53 Å². The third-order valence-electron chi connectivity index (χ3n) is 3.91. The third-order valence-corrected chi connectivity index (χ3v) is 3.91. The molecule has 1 aliphatic rings. The van der Waals surface area contributed by atoms with Gasteiger partial charge in [0.05, 0.1) is 0 Å². The first-order valence-corrected chi connectivity index (χ1v) is 7.52. The summed E-state index contributed by atoms with van der Waals surface area (Å²) in [4.78, 5) is 12.5. The maximum atomic E-state index is 12.5. The number of carbonyl (C=O) groups excluding carboxylic acids is 1. The van der Waals surface area contributed by atoms with E-state index in [0.717, 1.165) is 25.7 Å². The minimum Gasteiger partial charge on any atom is -0.367 e. The normalized spacial score (nSPS) is 31.3. The van der Waals surface area contributed by atoms with Crippen LogP contribution in [-0.4, -0.2) is 18.0 Å². The first-order valence-electron chi connectivity index (χ1n) is 7.52. The molecule has 0 bridgehead atoms. The number of carbonyl (C=O) groups is 1. The number of hydrogen-bond acceptors (Lipinski definition) is 2. The number of ketones is 1. The van der Waals surface area contributed by atoms with E-state index in [-0.39, 0.29) is 5.41 Å². The lowest BCUT2D eigenvalue weighted by molar-refractivity contribution is -0.159. The molecule has 106 valence electrons. The SMILES string of the molecule is CCCOC1(C(=O)CCC)CC(C)CC(C)(C)C1. The molecular weight excluding hydrogens is 224 g/mol. The van der Waals surface area contributed by atoms with Crippen molar-refractivity contribution in [2.24, 2.45) is 11.3 Å². The Morgan fingerprint density at radius 1 is 1.22 bits per heavy atom. The van der Waals surface area contributed by atoms with Crippen LogP contribution in [0, 0.1) is 11.3 Å². The maximum absolute atomic E-state index is 12.5. The molecule has 0 N–H and O–H groups in total. The van der Waals surface area contributed by atoms with E-state index in [4.69, 9.17) is 4.74 Å². The van der Waals surface area contributed by atoms with Crippen LogP contribution in [0.5, 0.6) is 0 Å². The molecule has 0 aliphatic heterocycles. The van der Waals surface area contributed by atoms with Crippen LogP contribution in [0.15, 0.2) is 0 Å². The molecule has 2 unspecified atom stereocenters. The van der Waals surface area contributed by atoms with Gasteiger partial charge in [-0.2, -0.15) is 0 Å². The van der Waals surface area contributed by atoms with E-state index in [0.29, 0.717) is 24.7 Å². The van der Waals surface area contributed by atoms with Gasteiger partial charge in [0.15, 0.2) is 5.78 Å². The molecule has 18 heavy (non-hydrogen) atoms. The summed E-state index contributed by atoms with van der Waals surface area (Å²) in [6.07, 6.45) is 5.56. The Balaban J connectivity index is 2.91. The number of ether oxygens (including phenoxy) is 1. The summed E-state index contributed by atoms with van der Waals surface area (Å²) >= 11 is 0. The second-order valence-electron chi connectivity index (χ2n) is 6.87. The van der Waals surface area contributed by atoms with Crippen LogP contribution >= 0.6 is 0 Å². The van der Waals surface area contributed by atoms with Crippen molar-refractivity contribution in [2.75, 3.05) is 6.61 Å². The van der Waals surface area contributed by atoms with E-state index in [2.05, 4.69) is 34.6 Å². The van der Waals surface area contributed by atoms with Crippen molar-refractivity contribution in [2.45, 2.75) is 78.7 Å². The van der Waals surface area contributed by atoms with Gasteiger partial charge in [0, 0.05) is 13.0 Å². The molecule has 1 rings (SSSR count). The highest BCUT2D eigenvalue weighted by Gasteiger charge is 2.47. The zero-order valence-electron chi connectivity index (χ0n) is 12.8. The topological polar surface area (TPSA) is 26.3 Å². The van der Waals surface area contributed by atoms with Crippen molar-refractivity contribution in [3.05, 3.63) is 0 Å². The van der Waals surface area contributed by atoms with Crippen LogP contribution in [0.1, 0.15) is 73.1 Å². The predicted molar refractivity (Wildman–Crippen MR) is 75.7 cm³/mol. The molecule has 2 atom stereocenters. The molecule has 0 saturated heterocycles. The number of hydrogen-bond donors (Lipinski definition) is 0. The summed E-state index contributed by atoms with van der Waals surface area (Å²) in [5, 5.41) is 0. The molecule has 0 aromatic rings. The molecule has 0 heterocycles. The Bertz CT molecular complexity index is 283. The zero-order chi connectivity index (χ0) is 13.8. The molecule has 2 heteroatoms. The van der Waals surface area contributed by atoms with Crippen LogP contribution < -0.4 is 0 Å². The summed E-state index contributed by atoms with van der Waals surface area (Å²) in [7, 11) is 0. The van der Waals surface area contributed by atoms with E-state index in [1.807, 2.05) is 0 Å². The standard InChI is InChI=1S/C16H30O2/c1-6-8-14(17)16(18-9-7-2)11-13(3)10-15(4,5)12-16/h13H,6-12H2,1-5H3. The lowest BCUT2D eigenvalue weighted by atomic mass is 9.64. The van der Waals surface area contributed by atoms with Crippen molar-refractivity contribution >= 4 is 5.78 Å². The first kappa shape index (κ1) is 15.7. The fourth-order valence-electron chi connectivity index (χ4n) is 3.65. The number of Topliss-reactive ketones (excluding diaryl/α,β-unsaturated/α-hetero) is 1. The summed E-state index contributed by atoms with van der Waals surface area (Å²) in [6, 6.07) is 0. The fraction of sp³-hybridized carbons (Fsp3) is 0.938. The Kier molecular flexibility index (Phi) is 5.39. The van der Waals surface area contributed by atoms with Crippen LogP contribution in [0.4, 0.5) is 0 Å². The molecule has 0 radical (unpaired) electrons. The maximum Gasteiger partial charge on any atom is 0.164 e. The van der Waals surface area contributed by atoms with Crippen LogP contribution in [0.3, 0.4) is 0 Å². The van der Waals surface area contributed by atoms with Gasteiger partial charge in [-0.1, -0.05) is 34.6 Å². The highest BCUT2D eigenvalue weighted by Crippen LogP contribution is 2.46. The van der Waals surface area contributed by atoms with E-state index < -0.39 is 5.60 Å². The van der Waals surface area contributed by atoms with Crippen molar-refractivity contribution in [1.82, 2.24) is 0 Å². The monoisotopic (exact) mass is 254 g/mol. The van der Waals surface area contributed by atoms with Crippen LogP contribution in [0.2, 0.25) is 0 Å². The third kappa shape index (κ3) is 3.81. The summed E-state index contributed by atoms with van der Waals surface area (Å²) < 4.78 is 6.09. The molecule has 0 aromatic heterocycles. The Labute approximate surface area is 112 Å². The lowest BCUT2D eigenvalue weighted by Gasteiger charge is -2.46. The average Bonchev–Trinajstić information content (AvgIpc) is 2.24. The van der Waals surface area contributed by atoms with Gasteiger partial charge in [-0.25, -0.2) is 0 Å². The minimum atomic E-state index is -0.493. The minimum absolute atomic E-state index is 0.217. The molecule has 0 spiro atoms. The second-order valence-corrected chi connectivity index (χ2v) is 6.87. The molecule has 0 aromatic carbocycles. The van der Waals surface area contributed by atoms with Gasteiger partial charge in [0.1, 0.15) is 5.60 Å². The van der Waals surface area contributed by atoms with E-state index in [9.17, 15) is 4.79 Å². The Hall–Kier alpha value is -0.370. The highest BCUT2D eigenvalue weighted by molar-refractivity contribution is 5.87. The van der Waals surface area contributed by atoms with Gasteiger partial charge in [0.2, 0.25) is 0 Å². The van der Waals surface area contributed by atoms with E-state index >= 15 is 0 Å². The molecule has 1 saturated carbocycles. The van der Waals surface area contributed by atoms with E-state index in [1.165, 1.54) is 6.42 Å². The van der Waals surface area contributed by atoms with Gasteiger partial charge in [-0.3, -0.25) is 4.79 Å². The van der Waals surface area contributed by atoms with Crippen molar-refractivity contribution in [3.8, 4) is 0 Å². The van der Waals surface area contributed by atoms with Crippen molar-refractivity contribution in [3.63, 3.8) is 0 Å². The smallest absolute Gasteiger partial charge is 0.164 e. The predicted octanol–water partition coefficient (Wildman–Crippen LogP) is 4.37. The summed E-state index contributed by atoms with van der Waals surface area (Å²) in [6.45, 7) is 11.7. The van der Waals surface area contributed by atoms with Gasteiger partial charge >= 0.3 is 0 Å². The second kappa shape index (κ2) is 6.18. The molecule has 1 fully saturated rings. The zero-order valence-corrected chi connectivity index (χ0v) is 12.8. The molecule has 2 nitrogen and oxygen atoms in total. The molecule has 1 aliphatic carbocycles. The van der Waals surface area contributed by atoms with Gasteiger partial charge in [0.25, 0.3) is 0 Å². The van der Waals surface area contributed by atoms with Gasteiger partial charge in [-0.15, -0.1) is 0 Å². The average molecular weight is 254 g/mol. The molecule has 0 amide bonds. The van der Waals surface area contributed by atoms with Crippen molar-refractivity contribution < 1.29 is 9.53 Å². The van der Waals surface area contributed by atoms with Crippen molar-refractivity contribution in [1.29, 1.82) is 0 Å². The quantitative estimate of drug-likeness (QED) is 0.703. The first-order chi connectivity index (χ1) is 8.35. The fourth-order valence-corrected chi connectivity index (χ4v) is 3.65.